The van der Waals surface area contributed by atoms with E-state index in [1.807, 2.05) is 31.2 Å². The molecule has 0 saturated carbocycles. The molecular weight excluding hydrogens is 352 g/mol. The van der Waals surface area contributed by atoms with Crippen molar-refractivity contribution >= 4 is 28.6 Å². The normalized spacial score (nSPS) is 16.2. The van der Waals surface area contributed by atoms with E-state index >= 15 is 0 Å². The summed E-state index contributed by atoms with van der Waals surface area (Å²) in [6, 6.07) is 7.92. The maximum atomic E-state index is 6.09. The van der Waals surface area contributed by atoms with Crippen LogP contribution in [0.15, 0.2) is 29.3 Å². The second kappa shape index (κ2) is 6.07. The molecule has 0 fully saturated rings. The van der Waals surface area contributed by atoms with Gasteiger partial charge in [0.15, 0.2) is 5.82 Å². The fraction of sp³-hybridized carbons (Fsp3) is 0.316. The van der Waals surface area contributed by atoms with Gasteiger partial charge in [0, 0.05) is 21.0 Å². The van der Waals surface area contributed by atoms with E-state index < -0.39 is 0 Å². The van der Waals surface area contributed by atoms with Gasteiger partial charge in [0.25, 0.3) is 0 Å². The van der Waals surface area contributed by atoms with Crippen molar-refractivity contribution in [3.63, 3.8) is 0 Å². The van der Waals surface area contributed by atoms with Crippen LogP contribution >= 0.6 is 22.9 Å². The standard InChI is InChI=1S/C19H19ClN4S/c1-5-15-18-23-22-12(4)24(18)19-16(10(2)11(3)25-19)17(21-15)13-6-8-14(20)9-7-13/h6-9,15H,5H2,1-4H3/t15-/m1/s1. The van der Waals surface area contributed by atoms with Crippen molar-refractivity contribution in [2.24, 2.45) is 4.99 Å². The van der Waals surface area contributed by atoms with E-state index in [0.29, 0.717) is 0 Å². The topological polar surface area (TPSA) is 43.1 Å². The quantitative estimate of drug-likeness (QED) is 0.621. The average molecular weight is 371 g/mol. The Kier molecular flexibility index (Phi) is 4.01. The highest BCUT2D eigenvalue weighted by Crippen LogP contribution is 2.39. The minimum Gasteiger partial charge on any atom is -0.273 e. The highest BCUT2D eigenvalue weighted by atomic mass is 35.5. The van der Waals surface area contributed by atoms with Crippen LogP contribution in [0.3, 0.4) is 0 Å². The number of aliphatic imine (C=N–C) groups is 1. The Balaban J connectivity index is 2.05. The van der Waals surface area contributed by atoms with Crippen molar-refractivity contribution in [1.29, 1.82) is 0 Å². The molecular formula is C19H19ClN4S. The number of hydrogen-bond donors (Lipinski definition) is 0. The Morgan fingerprint density at radius 2 is 1.84 bits per heavy atom. The van der Waals surface area contributed by atoms with E-state index in [-0.39, 0.29) is 6.04 Å². The van der Waals surface area contributed by atoms with Crippen LogP contribution < -0.4 is 0 Å². The number of thiophene rings is 1. The molecule has 25 heavy (non-hydrogen) atoms. The lowest BCUT2D eigenvalue weighted by molar-refractivity contribution is 0.641. The van der Waals surface area contributed by atoms with Gasteiger partial charge < -0.3 is 0 Å². The fourth-order valence-electron chi connectivity index (χ4n) is 3.27. The predicted octanol–water partition coefficient (Wildman–Crippen LogP) is 5.21. The van der Waals surface area contributed by atoms with Gasteiger partial charge in [-0.15, -0.1) is 21.5 Å². The van der Waals surface area contributed by atoms with Gasteiger partial charge in [0.2, 0.25) is 0 Å². The van der Waals surface area contributed by atoms with Gasteiger partial charge in [-0.2, -0.15) is 0 Å². The summed E-state index contributed by atoms with van der Waals surface area (Å²) in [5.41, 5.74) is 4.56. The Morgan fingerprint density at radius 3 is 2.52 bits per heavy atom. The number of benzene rings is 1. The van der Waals surface area contributed by atoms with Gasteiger partial charge in [-0.1, -0.05) is 30.7 Å². The molecule has 0 unspecified atom stereocenters. The number of aryl methyl sites for hydroxylation is 2. The molecule has 0 aliphatic carbocycles. The van der Waals surface area contributed by atoms with Crippen LogP contribution in [-0.4, -0.2) is 20.5 Å². The summed E-state index contributed by atoms with van der Waals surface area (Å²) >= 11 is 7.87. The summed E-state index contributed by atoms with van der Waals surface area (Å²) in [5, 5.41) is 10.7. The Labute approximate surface area is 156 Å². The van der Waals surface area contributed by atoms with Crippen molar-refractivity contribution in [2.75, 3.05) is 0 Å². The van der Waals surface area contributed by atoms with Crippen molar-refractivity contribution in [1.82, 2.24) is 14.8 Å². The molecule has 0 N–H and O–H groups in total. The summed E-state index contributed by atoms with van der Waals surface area (Å²) in [6.07, 6.45) is 0.877. The first-order valence-electron chi connectivity index (χ1n) is 8.37. The highest BCUT2D eigenvalue weighted by molar-refractivity contribution is 7.15. The van der Waals surface area contributed by atoms with Gasteiger partial charge in [0.1, 0.15) is 16.9 Å². The van der Waals surface area contributed by atoms with Crippen LogP contribution in [0.1, 0.15) is 52.6 Å². The molecule has 0 bridgehead atoms. The van der Waals surface area contributed by atoms with Crippen LogP contribution in [0.25, 0.3) is 5.00 Å². The smallest absolute Gasteiger partial charge is 0.163 e. The van der Waals surface area contributed by atoms with Crippen LogP contribution in [0.5, 0.6) is 0 Å². The molecule has 4 nitrogen and oxygen atoms in total. The third-order valence-corrected chi connectivity index (χ3v) is 6.19. The molecule has 1 aliphatic heterocycles. The summed E-state index contributed by atoms with van der Waals surface area (Å²) in [6.45, 7) is 8.47. The lowest BCUT2D eigenvalue weighted by Crippen LogP contribution is -2.07. The molecule has 1 atom stereocenters. The van der Waals surface area contributed by atoms with Gasteiger partial charge >= 0.3 is 0 Å². The van der Waals surface area contributed by atoms with Crippen molar-refractivity contribution < 1.29 is 0 Å². The largest absolute Gasteiger partial charge is 0.273 e. The Hall–Kier alpha value is -1.98. The van der Waals surface area contributed by atoms with Crippen LogP contribution in [-0.2, 0) is 0 Å². The first-order chi connectivity index (χ1) is 12.0. The third-order valence-electron chi connectivity index (χ3n) is 4.74. The molecule has 4 rings (SSSR count). The molecule has 0 amide bonds. The highest BCUT2D eigenvalue weighted by Gasteiger charge is 2.30. The summed E-state index contributed by atoms with van der Waals surface area (Å²) in [7, 11) is 0. The maximum absolute atomic E-state index is 6.09. The maximum Gasteiger partial charge on any atom is 0.163 e. The minimum absolute atomic E-state index is 0.00816. The molecule has 3 aromatic rings. The molecule has 0 radical (unpaired) electrons. The number of fused-ring (bicyclic) bond motifs is 3. The number of rotatable bonds is 2. The second-order valence-electron chi connectivity index (χ2n) is 6.31. The van der Waals surface area contributed by atoms with E-state index in [1.54, 1.807) is 11.3 Å². The van der Waals surface area contributed by atoms with Gasteiger partial charge in [-0.05, 0) is 44.9 Å². The van der Waals surface area contributed by atoms with E-state index in [4.69, 9.17) is 16.6 Å². The summed E-state index contributed by atoms with van der Waals surface area (Å²) < 4.78 is 2.18. The summed E-state index contributed by atoms with van der Waals surface area (Å²) in [4.78, 5) is 6.41. The zero-order valence-corrected chi connectivity index (χ0v) is 16.2. The molecule has 1 aliphatic rings. The average Bonchev–Trinajstić information content (AvgIpc) is 3.06. The molecule has 6 heteroatoms. The number of aromatic nitrogens is 3. The molecule has 1 aromatic carbocycles. The third kappa shape index (κ3) is 2.53. The monoisotopic (exact) mass is 370 g/mol. The molecule has 2 aromatic heterocycles. The SMILES string of the molecule is CC[C@H]1N=C(c2ccc(Cl)cc2)c2c(sc(C)c2C)-n2c(C)nnc21. The van der Waals surface area contributed by atoms with Crippen LogP contribution in [0.2, 0.25) is 5.02 Å². The molecule has 128 valence electrons. The number of halogens is 1. The van der Waals surface area contributed by atoms with Crippen molar-refractivity contribution in [3.8, 4) is 5.00 Å². The number of nitrogens with zero attached hydrogens (tertiary/aromatic N) is 4. The van der Waals surface area contributed by atoms with Crippen molar-refractivity contribution in [2.45, 2.75) is 40.2 Å². The Morgan fingerprint density at radius 1 is 1.12 bits per heavy atom. The van der Waals surface area contributed by atoms with Gasteiger partial charge in [0.05, 0.1) is 5.71 Å². The molecule has 3 heterocycles. The first kappa shape index (κ1) is 16.5. The zero-order valence-electron chi connectivity index (χ0n) is 14.7. The van der Waals surface area contributed by atoms with E-state index in [2.05, 4.69) is 35.5 Å². The van der Waals surface area contributed by atoms with E-state index in [9.17, 15) is 0 Å². The van der Waals surface area contributed by atoms with Crippen LogP contribution in [0.4, 0.5) is 0 Å². The van der Waals surface area contributed by atoms with Gasteiger partial charge in [-0.3, -0.25) is 9.56 Å². The number of hydrogen-bond acceptors (Lipinski definition) is 4. The molecule has 0 saturated heterocycles. The minimum atomic E-state index is -0.00816. The fourth-order valence-corrected chi connectivity index (χ4v) is 4.61. The predicted molar refractivity (Wildman–Crippen MR) is 104 cm³/mol. The van der Waals surface area contributed by atoms with E-state index in [0.717, 1.165) is 39.4 Å². The summed E-state index contributed by atoms with van der Waals surface area (Å²) in [5.74, 6) is 1.83. The second-order valence-corrected chi connectivity index (χ2v) is 7.95. The van der Waals surface area contributed by atoms with Crippen LogP contribution in [0, 0.1) is 20.8 Å². The first-order valence-corrected chi connectivity index (χ1v) is 9.57. The lowest BCUT2D eigenvalue weighted by Gasteiger charge is -2.10. The van der Waals surface area contributed by atoms with E-state index in [1.165, 1.54) is 16.0 Å². The van der Waals surface area contributed by atoms with Crippen molar-refractivity contribution in [3.05, 3.63) is 62.5 Å². The zero-order chi connectivity index (χ0) is 17.7. The molecule has 0 spiro atoms. The lowest BCUT2D eigenvalue weighted by atomic mass is 10.00. The van der Waals surface area contributed by atoms with Gasteiger partial charge in [-0.25, -0.2) is 0 Å². The Bertz CT molecular complexity index is 982.